The number of halogens is 1. The van der Waals surface area contributed by atoms with E-state index in [9.17, 15) is 0 Å². The summed E-state index contributed by atoms with van der Waals surface area (Å²) in [6, 6.07) is 6.80. The molecule has 0 bridgehead atoms. The Morgan fingerprint density at radius 1 is 1.44 bits per heavy atom. The van der Waals surface area contributed by atoms with Gasteiger partial charge in [-0.25, -0.2) is 0 Å². The fraction of sp³-hybridized carbons (Fsp3) is 0.538. The van der Waals surface area contributed by atoms with Gasteiger partial charge in [0.25, 0.3) is 0 Å². The first-order valence-electron chi connectivity index (χ1n) is 5.95. The number of nitrogen functional groups attached to an aromatic ring is 1. The predicted molar refractivity (Wildman–Crippen MR) is 72.3 cm³/mol. The molecule has 2 N–H and O–H groups in total. The van der Waals surface area contributed by atoms with E-state index in [1.165, 1.54) is 31.4 Å². The first-order valence-corrected chi connectivity index (χ1v) is 6.74. The van der Waals surface area contributed by atoms with Gasteiger partial charge in [-0.2, -0.15) is 0 Å². The molecule has 88 valence electrons. The molecule has 1 heterocycles. The molecule has 1 aliphatic rings. The van der Waals surface area contributed by atoms with Crippen LogP contribution >= 0.6 is 15.9 Å². The molecule has 1 aromatic rings. The smallest absolute Gasteiger partial charge is 0.0325 e. The topological polar surface area (TPSA) is 29.3 Å². The molecule has 1 aromatic carbocycles. The second-order valence-corrected chi connectivity index (χ2v) is 5.52. The number of benzene rings is 1. The van der Waals surface area contributed by atoms with Crippen molar-refractivity contribution in [3.63, 3.8) is 0 Å². The van der Waals surface area contributed by atoms with Crippen molar-refractivity contribution in [3.05, 3.63) is 28.2 Å². The Labute approximate surface area is 106 Å². The molecule has 1 unspecified atom stereocenters. The number of piperidine rings is 1. The van der Waals surface area contributed by atoms with Crippen molar-refractivity contribution in [3.8, 4) is 0 Å². The second-order valence-electron chi connectivity index (χ2n) is 4.67. The lowest BCUT2D eigenvalue weighted by molar-refractivity contribution is 0.152. The molecule has 1 aliphatic heterocycles. The van der Waals surface area contributed by atoms with E-state index >= 15 is 0 Å². The quantitative estimate of drug-likeness (QED) is 0.843. The highest BCUT2D eigenvalue weighted by Crippen LogP contribution is 2.24. The van der Waals surface area contributed by atoms with Crippen LogP contribution in [0.1, 0.15) is 31.7 Å². The molecular formula is C13H19BrN2. The molecule has 2 nitrogen and oxygen atoms in total. The van der Waals surface area contributed by atoms with Crippen LogP contribution in [-0.4, -0.2) is 17.5 Å². The highest BCUT2D eigenvalue weighted by atomic mass is 79.9. The Bertz CT molecular complexity index is 365. The van der Waals surface area contributed by atoms with Crippen LogP contribution in [0.2, 0.25) is 0 Å². The van der Waals surface area contributed by atoms with Crippen molar-refractivity contribution in [2.75, 3.05) is 12.3 Å². The van der Waals surface area contributed by atoms with E-state index in [1.54, 1.807) is 0 Å². The largest absolute Gasteiger partial charge is 0.399 e. The lowest BCUT2D eigenvalue weighted by atomic mass is 10.0. The number of hydrogen-bond donors (Lipinski definition) is 1. The van der Waals surface area contributed by atoms with Crippen LogP contribution in [0.3, 0.4) is 0 Å². The van der Waals surface area contributed by atoms with E-state index in [0.717, 1.165) is 16.7 Å². The summed E-state index contributed by atoms with van der Waals surface area (Å²) in [7, 11) is 0. The standard InChI is InChI=1S/C13H19BrN2/c1-10-4-2-3-7-16(10)9-11-5-6-12(15)8-13(11)14/h5-6,8,10H,2-4,7,9,15H2,1H3. The lowest BCUT2D eigenvalue weighted by Crippen LogP contribution is -2.36. The molecule has 0 aliphatic carbocycles. The maximum Gasteiger partial charge on any atom is 0.0325 e. The highest BCUT2D eigenvalue weighted by molar-refractivity contribution is 9.10. The molecule has 0 aromatic heterocycles. The van der Waals surface area contributed by atoms with Gasteiger partial charge < -0.3 is 5.73 Å². The van der Waals surface area contributed by atoms with Crippen molar-refractivity contribution >= 4 is 21.6 Å². The summed E-state index contributed by atoms with van der Waals surface area (Å²) in [6.07, 6.45) is 4.03. The van der Waals surface area contributed by atoms with Gasteiger partial charge in [0, 0.05) is 22.7 Å². The van der Waals surface area contributed by atoms with Crippen LogP contribution < -0.4 is 5.73 Å². The fourth-order valence-corrected chi connectivity index (χ4v) is 2.82. The normalized spacial score (nSPS) is 22.2. The van der Waals surface area contributed by atoms with Crippen LogP contribution in [0.25, 0.3) is 0 Å². The Morgan fingerprint density at radius 2 is 2.25 bits per heavy atom. The Kier molecular flexibility index (Phi) is 3.87. The first kappa shape index (κ1) is 11.9. The molecule has 0 amide bonds. The minimum Gasteiger partial charge on any atom is -0.399 e. The van der Waals surface area contributed by atoms with Crippen LogP contribution in [0.4, 0.5) is 5.69 Å². The highest BCUT2D eigenvalue weighted by Gasteiger charge is 2.18. The molecule has 1 saturated heterocycles. The molecule has 0 saturated carbocycles. The summed E-state index contributed by atoms with van der Waals surface area (Å²) in [5.41, 5.74) is 7.90. The molecule has 2 rings (SSSR count). The molecule has 3 heteroatoms. The zero-order valence-corrected chi connectivity index (χ0v) is 11.3. The molecule has 0 radical (unpaired) electrons. The van der Waals surface area contributed by atoms with Crippen molar-refractivity contribution in [2.24, 2.45) is 0 Å². The van der Waals surface area contributed by atoms with Gasteiger partial charge in [-0.15, -0.1) is 0 Å². The third-order valence-electron chi connectivity index (χ3n) is 3.39. The molecule has 1 atom stereocenters. The summed E-state index contributed by atoms with van der Waals surface area (Å²) < 4.78 is 1.13. The zero-order chi connectivity index (χ0) is 11.5. The zero-order valence-electron chi connectivity index (χ0n) is 9.75. The number of nitrogens with zero attached hydrogens (tertiary/aromatic N) is 1. The molecule has 16 heavy (non-hydrogen) atoms. The Hall–Kier alpha value is -0.540. The molecule has 0 spiro atoms. The predicted octanol–water partition coefficient (Wildman–Crippen LogP) is 3.41. The number of rotatable bonds is 2. The average Bonchev–Trinajstić information content (AvgIpc) is 2.25. The van der Waals surface area contributed by atoms with E-state index in [-0.39, 0.29) is 0 Å². The van der Waals surface area contributed by atoms with Crippen LogP contribution in [0.15, 0.2) is 22.7 Å². The summed E-state index contributed by atoms with van der Waals surface area (Å²) >= 11 is 3.59. The fourth-order valence-electron chi connectivity index (χ4n) is 2.30. The summed E-state index contributed by atoms with van der Waals surface area (Å²) in [5.74, 6) is 0. The van der Waals surface area contributed by atoms with E-state index in [2.05, 4.69) is 33.8 Å². The maximum absolute atomic E-state index is 5.74. The van der Waals surface area contributed by atoms with E-state index in [1.807, 2.05) is 12.1 Å². The van der Waals surface area contributed by atoms with Gasteiger partial charge in [0.1, 0.15) is 0 Å². The van der Waals surface area contributed by atoms with Gasteiger partial charge in [0.15, 0.2) is 0 Å². The third kappa shape index (κ3) is 2.77. The number of hydrogen-bond acceptors (Lipinski definition) is 2. The van der Waals surface area contributed by atoms with Gasteiger partial charge in [-0.1, -0.05) is 28.4 Å². The summed E-state index contributed by atoms with van der Waals surface area (Å²) in [4.78, 5) is 2.56. The van der Waals surface area contributed by atoms with Gasteiger partial charge in [0.05, 0.1) is 0 Å². The van der Waals surface area contributed by atoms with E-state index in [4.69, 9.17) is 5.73 Å². The maximum atomic E-state index is 5.74. The van der Waals surface area contributed by atoms with Gasteiger partial charge in [0.2, 0.25) is 0 Å². The SMILES string of the molecule is CC1CCCCN1Cc1ccc(N)cc1Br. The van der Waals surface area contributed by atoms with Crippen LogP contribution in [0.5, 0.6) is 0 Å². The first-order chi connectivity index (χ1) is 7.66. The molecular weight excluding hydrogens is 264 g/mol. The summed E-state index contributed by atoms with van der Waals surface area (Å²) in [6.45, 7) is 4.57. The van der Waals surface area contributed by atoms with Crippen LogP contribution in [0, 0.1) is 0 Å². The Balaban J connectivity index is 2.07. The minimum atomic E-state index is 0.707. The minimum absolute atomic E-state index is 0.707. The van der Waals surface area contributed by atoms with Crippen LogP contribution in [-0.2, 0) is 6.54 Å². The van der Waals surface area contributed by atoms with Gasteiger partial charge in [-0.3, -0.25) is 4.90 Å². The second kappa shape index (κ2) is 5.19. The number of anilines is 1. The molecule has 1 fully saturated rings. The van der Waals surface area contributed by atoms with Crippen molar-refractivity contribution in [2.45, 2.75) is 38.8 Å². The van der Waals surface area contributed by atoms with Crippen molar-refractivity contribution in [1.29, 1.82) is 0 Å². The van der Waals surface area contributed by atoms with E-state index < -0.39 is 0 Å². The lowest BCUT2D eigenvalue weighted by Gasteiger charge is -2.33. The Morgan fingerprint density at radius 3 is 2.94 bits per heavy atom. The van der Waals surface area contributed by atoms with E-state index in [0.29, 0.717) is 6.04 Å². The number of nitrogens with two attached hydrogens (primary N) is 1. The monoisotopic (exact) mass is 282 g/mol. The van der Waals surface area contributed by atoms with Gasteiger partial charge >= 0.3 is 0 Å². The third-order valence-corrected chi connectivity index (χ3v) is 4.13. The van der Waals surface area contributed by atoms with Gasteiger partial charge in [-0.05, 0) is 44.0 Å². The summed E-state index contributed by atoms with van der Waals surface area (Å²) in [5, 5.41) is 0. The van der Waals surface area contributed by atoms with Crippen molar-refractivity contribution in [1.82, 2.24) is 4.90 Å². The number of likely N-dealkylation sites (tertiary alicyclic amines) is 1. The van der Waals surface area contributed by atoms with Crippen molar-refractivity contribution < 1.29 is 0 Å². The average molecular weight is 283 g/mol.